The summed E-state index contributed by atoms with van der Waals surface area (Å²) < 4.78 is 13.1. The van der Waals surface area contributed by atoms with Crippen molar-refractivity contribution in [2.75, 3.05) is 6.79 Å². The summed E-state index contributed by atoms with van der Waals surface area (Å²) in [4.78, 5) is 4.63. The molecule has 0 unspecified atom stereocenters. The molecule has 0 atom stereocenters. The third-order valence-electron chi connectivity index (χ3n) is 5.00. The molecule has 0 spiro atoms. The number of ether oxygens (including phenoxy) is 2. The molecule has 0 radical (unpaired) electrons. The first kappa shape index (κ1) is 16.5. The van der Waals surface area contributed by atoms with Crippen molar-refractivity contribution < 1.29 is 9.47 Å². The van der Waals surface area contributed by atoms with E-state index in [4.69, 9.17) is 9.47 Å². The zero-order valence-corrected chi connectivity index (χ0v) is 15.5. The molecule has 0 N–H and O–H groups in total. The van der Waals surface area contributed by atoms with E-state index in [-0.39, 0.29) is 6.79 Å². The summed E-state index contributed by atoms with van der Waals surface area (Å²) in [6, 6.07) is 14.3. The van der Waals surface area contributed by atoms with E-state index in [1.54, 1.807) is 0 Å². The fourth-order valence-electron chi connectivity index (χ4n) is 3.38. The number of aryl methyl sites for hydroxylation is 2. The maximum atomic E-state index is 5.42. The molecular weight excluding hydrogens is 324 g/mol. The van der Waals surface area contributed by atoms with Crippen molar-refractivity contribution in [3.8, 4) is 17.2 Å². The molecule has 1 aromatic heterocycles. The van der Waals surface area contributed by atoms with Crippen LogP contribution in [0.1, 0.15) is 28.1 Å². The molecule has 4 heteroatoms. The lowest BCUT2D eigenvalue weighted by molar-refractivity contribution is 0.174. The van der Waals surface area contributed by atoms with Gasteiger partial charge in [0, 0.05) is 34.9 Å². The van der Waals surface area contributed by atoms with Crippen molar-refractivity contribution >= 4 is 11.9 Å². The van der Waals surface area contributed by atoms with Crippen LogP contribution in [-0.2, 0) is 0 Å². The number of aromatic nitrogens is 1. The molecule has 2 aromatic carbocycles. The molecule has 0 saturated carbocycles. The summed E-state index contributed by atoms with van der Waals surface area (Å²) in [5, 5.41) is 0. The van der Waals surface area contributed by atoms with Crippen molar-refractivity contribution in [2.45, 2.75) is 27.7 Å². The third kappa shape index (κ3) is 2.77. The largest absolute Gasteiger partial charge is 0.454 e. The van der Waals surface area contributed by atoms with Crippen LogP contribution in [0.2, 0.25) is 0 Å². The minimum atomic E-state index is 0.277. The van der Waals surface area contributed by atoms with Crippen LogP contribution in [0, 0.1) is 27.7 Å². The number of benzene rings is 2. The quantitative estimate of drug-likeness (QED) is 0.612. The van der Waals surface area contributed by atoms with Gasteiger partial charge in [-0.1, -0.05) is 12.1 Å². The molecule has 1 aliphatic rings. The van der Waals surface area contributed by atoms with Crippen LogP contribution in [0.25, 0.3) is 5.69 Å². The monoisotopic (exact) mass is 346 g/mol. The Kier molecular flexibility index (Phi) is 4.03. The first-order valence-electron chi connectivity index (χ1n) is 8.74. The van der Waals surface area contributed by atoms with E-state index in [1.807, 2.05) is 24.4 Å². The minimum Gasteiger partial charge on any atom is -0.454 e. The van der Waals surface area contributed by atoms with Crippen molar-refractivity contribution in [1.29, 1.82) is 0 Å². The van der Waals surface area contributed by atoms with Gasteiger partial charge in [0.1, 0.15) is 0 Å². The van der Waals surface area contributed by atoms with Gasteiger partial charge in [0.15, 0.2) is 11.5 Å². The summed E-state index contributed by atoms with van der Waals surface area (Å²) >= 11 is 0. The minimum absolute atomic E-state index is 0.277. The Morgan fingerprint density at radius 3 is 2.62 bits per heavy atom. The van der Waals surface area contributed by atoms with Gasteiger partial charge in [-0.3, -0.25) is 4.99 Å². The number of aliphatic imine (C=N–C) groups is 1. The van der Waals surface area contributed by atoms with Crippen LogP contribution in [0.15, 0.2) is 47.5 Å². The zero-order chi connectivity index (χ0) is 18.3. The molecule has 0 amide bonds. The maximum absolute atomic E-state index is 5.42. The second-order valence-electron chi connectivity index (χ2n) is 6.68. The van der Waals surface area contributed by atoms with Gasteiger partial charge in [-0.15, -0.1) is 0 Å². The molecular formula is C22H22N2O2. The number of fused-ring (bicyclic) bond motifs is 1. The predicted molar refractivity (Wildman–Crippen MR) is 105 cm³/mol. The fourth-order valence-corrected chi connectivity index (χ4v) is 3.38. The molecule has 3 aromatic rings. The number of nitrogens with zero attached hydrogens (tertiary/aromatic N) is 2. The molecule has 132 valence electrons. The van der Waals surface area contributed by atoms with Crippen LogP contribution < -0.4 is 9.47 Å². The average Bonchev–Trinajstić information content (AvgIpc) is 3.20. The second-order valence-corrected chi connectivity index (χ2v) is 6.68. The Morgan fingerprint density at radius 2 is 1.77 bits per heavy atom. The third-order valence-corrected chi connectivity index (χ3v) is 5.00. The SMILES string of the molecule is Cc1cccc(-n2c(C)cc(C=Nc3ccc4c(c3)OCO4)c2C)c1C. The van der Waals surface area contributed by atoms with E-state index < -0.39 is 0 Å². The molecule has 26 heavy (non-hydrogen) atoms. The second kappa shape index (κ2) is 6.37. The van der Waals surface area contributed by atoms with Crippen LogP contribution in [0.4, 0.5) is 5.69 Å². The molecule has 0 bridgehead atoms. The topological polar surface area (TPSA) is 35.8 Å². The number of hydrogen-bond acceptors (Lipinski definition) is 3. The van der Waals surface area contributed by atoms with E-state index in [1.165, 1.54) is 28.2 Å². The van der Waals surface area contributed by atoms with Gasteiger partial charge in [0.2, 0.25) is 6.79 Å². The molecule has 4 rings (SSSR count). The average molecular weight is 346 g/mol. The summed E-state index contributed by atoms with van der Waals surface area (Å²) in [6.45, 7) is 8.86. The van der Waals surface area contributed by atoms with Crippen LogP contribution in [0.5, 0.6) is 11.5 Å². The first-order chi connectivity index (χ1) is 12.5. The van der Waals surface area contributed by atoms with Gasteiger partial charge in [0.25, 0.3) is 0 Å². The first-order valence-corrected chi connectivity index (χ1v) is 8.74. The fraction of sp³-hybridized carbons (Fsp3) is 0.227. The number of rotatable bonds is 3. The highest BCUT2D eigenvalue weighted by molar-refractivity contribution is 5.84. The Morgan fingerprint density at radius 1 is 0.962 bits per heavy atom. The maximum Gasteiger partial charge on any atom is 0.231 e. The van der Waals surface area contributed by atoms with Crippen molar-refractivity contribution in [2.24, 2.45) is 4.99 Å². The number of hydrogen-bond donors (Lipinski definition) is 0. The Hall–Kier alpha value is -3.01. The Bertz CT molecular complexity index is 1020. The Labute approximate surface area is 153 Å². The van der Waals surface area contributed by atoms with Crippen LogP contribution in [-0.4, -0.2) is 17.6 Å². The molecule has 0 aliphatic carbocycles. The van der Waals surface area contributed by atoms with Gasteiger partial charge in [-0.25, -0.2) is 0 Å². The van der Waals surface area contributed by atoms with Crippen LogP contribution in [0.3, 0.4) is 0 Å². The van der Waals surface area contributed by atoms with Gasteiger partial charge >= 0.3 is 0 Å². The summed E-state index contributed by atoms with van der Waals surface area (Å²) in [7, 11) is 0. The normalized spacial score (nSPS) is 12.9. The highest BCUT2D eigenvalue weighted by atomic mass is 16.7. The van der Waals surface area contributed by atoms with Crippen molar-refractivity contribution in [3.05, 3.63) is 70.5 Å². The predicted octanol–water partition coefficient (Wildman–Crippen LogP) is 5.19. The summed E-state index contributed by atoms with van der Waals surface area (Å²) in [5.74, 6) is 1.53. The van der Waals surface area contributed by atoms with E-state index in [2.05, 4.69) is 61.5 Å². The van der Waals surface area contributed by atoms with E-state index in [9.17, 15) is 0 Å². The van der Waals surface area contributed by atoms with E-state index in [0.29, 0.717) is 0 Å². The lowest BCUT2D eigenvalue weighted by atomic mass is 10.1. The smallest absolute Gasteiger partial charge is 0.231 e. The van der Waals surface area contributed by atoms with Crippen molar-refractivity contribution in [3.63, 3.8) is 0 Å². The molecule has 0 fully saturated rings. The lowest BCUT2D eigenvalue weighted by Gasteiger charge is -2.14. The van der Waals surface area contributed by atoms with Crippen molar-refractivity contribution in [1.82, 2.24) is 4.57 Å². The summed E-state index contributed by atoms with van der Waals surface area (Å²) in [5.41, 5.74) is 8.16. The van der Waals surface area contributed by atoms with E-state index in [0.717, 1.165) is 22.7 Å². The molecule has 0 saturated heterocycles. The zero-order valence-electron chi connectivity index (χ0n) is 15.5. The molecule has 4 nitrogen and oxygen atoms in total. The van der Waals surface area contributed by atoms with Gasteiger partial charge < -0.3 is 14.0 Å². The van der Waals surface area contributed by atoms with Gasteiger partial charge in [0.05, 0.1) is 5.69 Å². The highest BCUT2D eigenvalue weighted by Gasteiger charge is 2.14. The lowest BCUT2D eigenvalue weighted by Crippen LogP contribution is -2.02. The van der Waals surface area contributed by atoms with E-state index >= 15 is 0 Å². The molecule has 2 heterocycles. The highest BCUT2D eigenvalue weighted by Crippen LogP contribution is 2.35. The summed E-state index contributed by atoms with van der Waals surface area (Å²) in [6.07, 6.45) is 1.92. The van der Waals surface area contributed by atoms with Crippen LogP contribution >= 0.6 is 0 Å². The van der Waals surface area contributed by atoms with Gasteiger partial charge in [-0.05, 0) is 63.1 Å². The standard InChI is InChI=1S/C22H22N2O2/c1-14-6-5-7-20(16(14)3)24-15(2)10-18(17(24)4)12-23-19-8-9-21-22(11-19)26-13-25-21/h5-12H,13H2,1-4H3. The van der Waals surface area contributed by atoms with Gasteiger partial charge in [-0.2, -0.15) is 0 Å². The molecule has 1 aliphatic heterocycles. The Balaban J connectivity index is 1.69.